The lowest BCUT2D eigenvalue weighted by Gasteiger charge is -2.31. The topological polar surface area (TPSA) is 15.3 Å². The molecule has 18 heavy (non-hydrogen) atoms. The molecule has 1 aromatic heterocycles. The largest absolute Gasteiger partial charge is 0.382 e. The van der Waals surface area contributed by atoms with Crippen LogP contribution in [0.25, 0.3) is 0 Å². The van der Waals surface area contributed by atoms with Gasteiger partial charge in [0, 0.05) is 18.0 Å². The van der Waals surface area contributed by atoms with Crippen LogP contribution in [0.5, 0.6) is 0 Å². The molecule has 0 atom stereocenters. The fourth-order valence-corrected chi connectivity index (χ4v) is 2.82. The van der Waals surface area contributed by atoms with Crippen LogP contribution in [0, 0.1) is 0 Å². The Morgan fingerprint density at radius 1 is 1.11 bits per heavy atom. The van der Waals surface area contributed by atoms with Crippen molar-refractivity contribution in [3.63, 3.8) is 0 Å². The van der Waals surface area contributed by atoms with Crippen molar-refractivity contribution in [1.82, 2.24) is 0 Å². The highest BCUT2D eigenvalue weighted by Gasteiger charge is 2.15. The Balaban J connectivity index is 0.000000810. The fraction of sp³-hybridized carbons (Fsp3) is 0.231. The standard InChI is InChI=1S/C13H14N2S.2ClH/c1-2-6-13-12(5-1)14-7-8-15(13)10-11-4-3-9-16-11;;/h1-6,9,14H,7-8,10H2;2*1H. The molecular formula is C13H16Cl2N2S. The molecule has 0 saturated carbocycles. The molecule has 0 fully saturated rings. The van der Waals surface area contributed by atoms with Gasteiger partial charge < -0.3 is 10.2 Å². The quantitative estimate of drug-likeness (QED) is 0.901. The molecule has 3 rings (SSSR count). The summed E-state index contributed by atoms with van der Waals surface area (Å²) >= 11 is 1.83. The van der Waals surface area contributed by atoms with Gasteiger partial charge in [0.05, 0.1) is 17.9 Å². The number of hydrogen-bond donors (Lipinski definition) is 1. The number of rotatable bonds is 2. The summed E-state index contributed by atoms with van der Waals surface area (Å²) in [6.45, 7) is 3.13. The Morgan fingerprint density at radius 2 is 1.94 bits per heavy atom. The minimum atomic E-state index is 0. The fourth-order valence-electron chi connectivity index (χ4n) is 2.10. The highest BCUT2D eigenvalue weighted by Crippen LogP contribution is 2.30. The van der Waals surface area contributed by atoms with Gasteiger partial charge in [0.15, 0.2) is 0 Å². The number of benzene rings is 1. The van der Waals surface area contributed by atoms with Gasteiger partial charge in [-0.15, -0.1) is 36.2 Å². The SMILES string of the molecule is Cl.Cl.c1csc(CN2CCNc3ccccc32)c1. The zero-order valence-electron chi connectivity index (χ0n) is 9.83. The van der Waals surface area contributed by atoms with Crippen molar-refractivity contribution in [3.05, 3.63) is 46.7 Å². The Morgan fingerprint density at radius 3 is 2.72 bits per heavy atom. The average Bonchev–Trinajstić information content (AvgIpc) is 2.82. The molecule has 0 radical (unpaired) electrons. The summed E-state index contributed by atoms with van der Waals surface area (Å²) in [6.07, 6.45) is 0. The molecule has 0 bridgehead atoms. The van der Waals surface area contributed by atoms with Crippen LogP contribution >= 0.6 is 36.2 Å². The van der Waals surface area contributed by atoms with E-state index >= 15 is 0 Å². The van der Waals surface area contributed by atoms with Crippen molar-refractivity contribution in [3.8, 4) is 0 Å². The molecule has 98 valence electrons. The normalized spacial score (nSPS) is 12.8. The number of nitrogens with one attached hydrogen (secondary N) is 1. The number of para-hydroxylation sites is 2. The van der Waals surface area contributed by atoms with Crippen LogP contribution < -0.4 is 10.2 Å². The zero-order chi connectivity index (χ0) is 10.8. The molecular weight excluding hydrogens is 287 g/mol. The smallest absolute Gasteiger partial charge is 0.0605 e. The van der Waals surface area contributed by atoms with E-state index in [1.807, 2.05) is 11.3 Å². The highest BCUT2D eigenvalue weighted by atomic mass is 35.5. The van der Waals surface area contributed by atoms with Gasteiger partial charge in [-0.3, -0.25) is 0 Å². The molecule has 2 heterocycles. The van der Waals surface area contributed by atoms with Gasteiger partial charge in [-0.1, -0.05) is 18.2 Å². The minimum absolute atomic E-state index is 0. The molecule has 2 nitrogen and oxygen atoms in total. The second-order valence-electron chi connectivity index (χ2n) is 3.94. The third kappa shape index (κ3) is 3.10. The predicted molar refractivity (Wildman–Crippen MR) is 84.8 cm³/mol. The number of thiophene rings is 1. The van der Waals surface area contributed by atoms with Gasteiger partial charge in [-0.05, 0) is 23.6 Å². The zero-order valence-corrected chi connectivity index (χ0v) is 12.3. The van der Waals surface area contributed by atoms with Crippen LogP contribution in [-0.2, 0) is 6.54 Å². The molecule has 1 aromatic carbocycles. The summed E-state index contributed by atoms with van der Waals surface area (Å²) in [5, 5.41) is 5.58. The summed E-state index contributed by atoms with van der Waals surface area (Å²) in [7, 11) is 0. The lowest BCUT2D eigenvalue weighted by atomic mass is 10.2. The number of anilines is 2. The summed E-state index contributed by atoms with van der Waals surface area (Å²) < 4.78 is 0. The van der Waals surface area contributed by atoms with Crippen molar-refractivity contribution in [2.75, 3.05) is 23.3 Å². The molecule has 0 aliphatic carbocycles. The maximum atomic E-state index is 3.43. The van der Waals surface area contributed by atoms with Crippen molar-refractivity contribution in [2.24, 2.45) is 0 Å². The van der Waals surface area contributed by atoms with E-state index in [9.17, 15) is 0 Å². The highest BCUT2D eigenvalue weighted by molar-refractivity contribution is 7.09. The molecule has 1 aliphatic heterocycles. The van der Waals surface area contributed by atoms with Crippen LogP contribution in [0.1, 0.15) is 4.88 Å². The molecule has 0 saturated heterocycles. The van der Waals surface area contributed by atoms with Crippen LogP contribution in [0.4, 0.5) is 11.4 Å². The number of fused-ring (bicyclic) bond motifs is 1. The molecule has 0 amide bonds. The molecule has 5 heteroatoms. The molecule has 0 spiro atoms. The molecule has 0 unspecified atom stereocenters. The second-order valence-corrected chi connectivity index (χ2v) is 4.98. The first-order valence-electron chi connectivity index (χ1n) is 5.54. The Kier molecular flexibility index (Phi) is 5.79. The molecule has 1 aliphatic rings. The van der Waals surface area contributed by atoms with E-state index in [2.05, 4.69) is 52.0 Å². The van der Waals surface area contributed by atoms with E-state index in [1.165, 1.54) is 16.3 Å². The number of halogens is 2. The maximum Gasteiger partial charge on any atom is 0.0605 e. The van der Waals surface area contributed by atoms with Crippen LogP contribution in [0.2, 0.25) is 0 Å². The third-order valence-electron chi connectivity index (χ3n) is 2.87. The average molecular weight is 303 g/mol. The first-order valence-corrected chi connectivity index (χ1v) is 6.42. The van der Waals surface area contributed by atoms with E-state index in [-0.39, 0.29) is 24.8 Å². The van der Waals surface area contributed by atoms with Gasteiger partial charge in [0.25, 0.3) is 0 Å². The van der Waals surface area contributed by atoms with E-state index in [0.29, 0.717) is 0 Å². The minimum Gasteiger partial charge on any atom is -0.382 e. The van der Waals surface area contributed by atoms with Gasteiger partial charge in [-0.25, -0.2) is 0 Å². The van der Waals surface area contributed by atoms with Crippen molar-refractivity contribution >= 4 is 47.5 Å². The van der Waals surface area contributed by atoms with Crippen molar-refractivity contribution < 1.29 is 0 Å². The summed E-state index contributed by atoms with van der Waals surface area (Å²) in [5.41, 5.74) is 2.58. The lowest BCUT2D eigenvalue weighted by molar-refractivity contribution is 0.795. The van der Waals surface area contributed by atoms with Crippen LogP contribution in [0.15, 0.2) is 41.8 Å². The van der Waals surface area contributed by atoms with E-state index in [1.54, 1.807) is 0 Å². The first kappa shape index (κ1) is 15.2. The maximum absolute atomic E-state index is 3.43. The van der Waals surface area contributed by atoms with Crippen LogP contribution in [-0.4, -0.2) is 13.1 Å². The van der Waals surface area contributed by atoms with Gasteiger partial charge in [0.2, 0.25) is 0 Å². The third-order valence-corrected chi connectivity index (χ3v) is 3.73. The Bertz CT molecular complexity index is 474. The number of hydrogen-bond acceptors (Lipinski definition) is 3. The summed E-state index contributed by atoms with van der Waals surface area (Å²) in [6, 6.07) is 12.8. The van der Waals surface area contributed by atoms with E-state index < -0.39 is 0 Å². The second kappa shape index (κ2) is 6.88. The number of nitrogens with zero attached hydrogens (tertiary/aromatic N) is 1. The van der Waals surface area contributed by atoms with Crippen LogP contribution in [0.3, 0.4) is 0 Å². The van der Waals surface area contributed by atoms with Crippen molar-refractivity contribution in [1.29, 1.82) is 0 Å². The summed E-state index contributed by atoms with van der Waals surface area (Å²) in [4.78, 5) is 3.87. The molecule has 1 N–H and O–H groups in total. The monoisotopic (exact) mass is 302 g/mol. The van der Waals surface area contributed by atoms with E-state index in [4.69, 9.17) is 0 Å². The van der Waals surface area contributed by atoms with Gasteiger partial charge in [0.1, 0.15) is 0 Å². The predicted octanol–water partition coefficient (Wildman–Crippen LogP) is 4.02. The van der Waals surface area contributed by atoms with Gasteiger partial charge in [-0.2, -0.15) is 0 Å². The Hall–Kier alpha value is -0.900. The Labute approximate surface area is 124 Å². The first-order chi connectivity index (χ1) is 7.93. The lowest BCUT2D eigenvalue weighted by Crippen LogP contribution is -2.33. The van der Waals surface area contributed by atoms with Gasteiger partial charge >= 0.3 is 0 Å². The van der Waals surface area contributed by atoms with Crippen molar-refractivity contribution in [2.45, 2.75) is 6.54 Å². The summed E-state index contributed by atoms with van der Waals surface area (Å²) in [5.74, 6) is 0. The molecule has 2 aromatic rings. The van der Waals surface area contributed by atoms with E-state index in [0.717, 1.165) is 19.6 Å².